The monoisotopic (exact) mass is 455 g/mol. The first kappa shape index (κ1) is 21.0. The van der Waals surface area contributed by atoms with E-state index in [9.17, 15) is 19.2 Å². The highest BCUT2D eigenvalue weighted by Gasteiger charge is 2.67. The van der Waals surface area contributed by atoms with Gasteiger partial charge in [0.1, 0.15) is 0 Å². The highest BCUT2D eigenvalue weighted by Crippen LogP contribution is 2.65. The fraction of sp³-hybridized carbons (Fsp3) is 0.357. The van der Waals surface area contributed by atoms with Crippen molar-refractivity contribution in [3.8, 4) is 0 Å². The van der Waals surface area contributed by atoms with Crippen LogP contribution in [-0.2, 0) is 14.3 Å². The van der Waals surface area contributed by atoms with Crippen molar-refractivity contribution in [2.24, 2.45) is 35.5 Å². The maximum Gasteiger partial charge on any atom is 0.338 e. The van der Waals surface area contributed by atoms with Gasteiger partial charge in [0.25, 0.3) is 0 Å². The molecular formula is C28H25NO5. The van der Waals surface area contributed by atoms with E-state index in [0.717, 1.165) is 17.5 Å². The van der Waals surface area contributed by atoms with Crippen LogP contribution in [0.15, 0.2) is 54.6 Å². The second-order valence-electron chi connectivity index (χ2n) is 10.0. The van der Waals surface area contributed by atoms with E-state index in [0.29, 0.717) is 23.1 Å². The summed E-state index contributed by atoms with van der Waals surface area (Å²) in [7, 11) is 0. The van der Waals surface area contributed by atoms with Crippen LogP contribution in [0, 0.1) is 49.4 Å². The number of allylic oxidation sites excluding steroid dienone is 2. The molecule has 6 heteroatoms. The predicted molar refractivity (Wildman–Crippen MR) is 124 cm³/mol. The number of aryl methyl sites for hydroxylation is 2. The van der Waals surface area contributed by atoms with Crippen molar-refractivity contribution in [2.75, 3.05) is 11.5 Å². The standard InChI is InChI=1S/C28H25NO5/c1-14-6-7-15(2)20(10-14)23(30)13-34-28(33)16-4-3-5-17(11-16)29-26(31)24-18-8-9-19(22-12-21(18)22)25(24)27(29)32/h3-11,18-19,21-22,24-25H,12-13H2,1-2H3/t18-,19-,21-,22-,24-,25+/m1/s1. The van der Waals surface area contributed by atoms with E-state index >= 15 is 0 Å². The Morgan fingerprint density at radius 1 is 0.941 bits per heavy atom. The Morgan fingerprint density at radius 2 is 1.62 bits per heavy atom. The summed E-state index contributed by atoms with van der Waals surface area (Å²) in [4.78, 5) is 53.2. The number of esters is 1. The van der Waals surface area contributed by atoms with Gasteiger partial charge in [-0.2, -0.15) is 0 Å². The average Bonchev–Trinajstić information content (AvgIpc) is 3.62. The number of Topliss-reactive ketones (excluding diaryl/α,β-unsaturated/α-hetero) is 1. The number of amides is 2. The van der Waals surface area contributed by atoms with Crippen molar-refractivity contribution in [1.29, 1.82) is 0 Å². The van der Waals surface area contributed by atoms with Gasteiger partial charge in [0, 0.05) is 5.56 Å². The quantitative estimate of drug-likeness (QED) is 0.296. The van der Waals surface area contributed by atoms with Gasteiger partial charge in [-0.15, -0.1) is 0 Å². The summed E-state index contributed by atoms with van der Waals surface area (Å²) in [5, 5.41) is 0. The highest BCUT2D eigenvalue weighted by molar-refractivity contribution is 6.23. The van der Waals surface area contributed by atoms with E-state index < -0.39 is 5.97 Å². The molecule has 2 amide bonds. The van der Waals surface area contributed by atoms with Crippen molar-refractivity contribution in [3.63, 3.8) is 0 Å². The molecule has 4 aliphatic carbocycles. The lowest BCUT2D eigenvalue weighted by Gasteiger charge is -2.37. The maximum atomic E-state index is 13.3. The summed E-state index contributed by atoms with van der Waals surface area (Å²) in [6.07, 6.45) is 5.38. The number of nitrogens with zero attached hydrogens (tertiary/aromatic N) is 1. The van der Waals surface area contributed by atoms with Gasteiger partial charge < -0.3 is 4.74 Å². The minimum absolute atomic E-state index is 0.144. The second-order valence-corrected chi connectivity index (χ2v) is 10.0. The fourth-order valence-electron chi connectivity index (χ4n) is 6.31. The Hall–Kier alpha value is -3.54. The first-order valence-corrected chi connectivity index (χ1v) is 11.8. The van der Waals surface area contributed by atoms with Gasteiger partial charge in [0.15, 0.2) is 6.61 Å². The lowest BCUT2D eigenvalue weighted by atomic mass is 9.63. The number of ketones is 1. The molecule has 6 atom stereocenters. The van der Waals surface area contributed by atoms with Crippen LogP contribution in [0.1, 0.15) is 38.3 Å². The molecule has 2 aromatic carbocycles. The van der Waals surface area contributed by atoms with Gasteiger partial charge in [0.2, 0.25) is 17.6 Å². The number of imide groups is 1. The molecule has 0 unspecified atom stereocenters. The molecule has 172 valence electrons. The number of carbonyl (C=O) groups is 4. The summed E-state index contributed by atoms with van der Waals surface area (Å²) in [5.74, 6) is -0.523. The third kappa shape index (κ3) is 3.08. The average molecular weight is 456 g/mol. The molecule has 0 N–H and O–H groups in total. The molecule has 2 aromatic rings. The van der Waals surface area contributed by atoms with Gasteiger partial charge in [0.05, 0.1) is 23.1 Å². The van der Waals surface area contributed by atoms with Crippen LogP contribution >= 0.6 is 0 Å². The number of ether oxygens (including phenoxy) is 1. The summed E-state index contributed by atoms with van der Waals surface area (Å²) >= 11 is 0. The topological polar surface area (TPSA) is 80.8 Å². The predicted octanol–water partition coefficient (Wildman–Crippen LogP) is 3.90. The van der Waals surface area contributed by atoms with E-state index in [1.807, 2.05) is 26.0 Å². The maximum absolute atomic E-state index is 13.3. The number of benzene rings is 2. The Balaban J connectivity index is 1.19. The highest BCUT2D eigenvalue weighted by atomic mass is 16.5. The Morgan fingerprint density at radius 3 is 2.29 bits per heavy atom. The number of rotatable bonds is 5. The van der Waals surface area contributed by atoms with Gasteiger partial charge in [-0.25, -0.2) is 9.69 Å². The molecule has 0 spiro atoms. The summed E-state index contributed by atoms with van der Waals surface area (Å²) in [6.45, 7) is 3.36. The zero-order chi connectivity index (χ0) is 23.7. The van der Waals surface area contributed by atoms with Crippen LogP contribution in [0.2, 0.25) is 0 Å². The lowest BCUT2D eigenvalue weighted by Crippen LogP contribution is -2.40. The number of hydrogen-bond donors (Lipinski definition) is 0. The molecule has 0 aromatic heterocycles. The van der Waals surface area contributed by atoms with Gasteiger partial charge in [-0.1, -0.05) is 35.9 Å². The first-order chi connectivity index (χ1) is 16.3. The van der Waals surface area contributed by atoms with Crippen molar-refractivity contribution in [2.45, 2.75) is 20.3 Å². The minimum atomic E-state index is -0.667. The Kier molecular flexibility index (Phi) is 4.63. The zero-order valence-corrected chi connectivity index (χ0v) is 19.1. The number of hydrogen-bond acceptors (Lipinski definition) is 5. The molecular weight excluding hydrogens is 430 g/mol. The van der Waals surface area contributed by atoms with E-state index in [1.165, 1.54) is 11.0 Å². The number of carbonyl (C=O) groups excluding carboxylic acids is 4. The normalized spacial score (nSPS) is 30.2. The minimum Gasteiger partial charge on any atom is -0.454 e. The Labute approximate surface area is 197 Å². The van der Waals surface area contributed by atoms with Crippen molar-refractivity contribution in [1.82, 2.24) is 0 Å². The van der Waals surface area contributed by atoms with Crippen LogP contribution < -0.4 is 4.90 Å². The Bertz CT molecular complexity index is 1260. The van der Waals surface area contributed by atoms with Crippen molar-refractivity contribution < 1.29 is 23.9 Å². The van der Waals surface area contributed by atoms with E-state index in [-0.39, 0.29) is 53.4 Å². The van der Waals surface area contributed by atoms with E-state index in [2.05, 4.69) is 12.2 Å². The van der Waals surface area contributed by atoms with Gasteiger partial charge >= 0.3 is 5.97 Å². The van der Waals surface area contributed by atoms with E-state index in [1.54, 1.807) is 24.3 Å². The number of anilines is 1. The summed E-state index contributed by atoms with van der Waals surface area (Å²) in [6, 6.07) is 11.9. The molecule has 0 radical (unpaired) electrons. The first-order valence-electron chi connectivity index (χ1n) is 11.8. The van der Waals surface area contributed by atoms with Crippen LogP contribution in [0.25, 0.3) is 0 Å². The second kappa shape index (κ2) is 7.49. The zero-order valence-electron chi connectivity index (χ0n) is 19.1. The summed E-state index contributed by atoms with van der Waals surface area (Å²) in [5.41, 5.74) is 2.88. The molecule has 1 saturated heterocycles. The van der Waals surface area contributed by atoms with Crippen molar-refractivity contribution in [3.05, 3.63) is 76.9 Å². The third-order valence-corrected chi connectivity index (χ3v) is 8.03. The smallest absolute Gasteiger partial charge is 0.338 e. The molecule has 2 bridgehead atoms. The fourth-order valence-corrected chi connectivity index (χ4v) is 6.31. The van der Waals surface area contributed by atoms with Crippen LogP contribution in [0.4, 0.5) is 5.69 Å². The van der Waals surface area contributed by atoms with E-state index in [4.69, 9.17) is 4.74 Å². The molecule has 1 aliphatic heterocycles. The van der Waals surface area contributed by atoms with Crippen LogP contribution in [0.5, 0.6) is 0 Å². The molecule has 2 saturated carbocycles. The van der Waals surface area contributed by atoms with Gasteiger partial charge in [-0.3, -0.25) is 14.4 Å². The van der Waals surface area contributed by atoms with Gasteiger partial charge in [-0.05, 0) is 73.8 Å². The van der Waals surface area contributed by atoms with Crippen LogP contribution in [0.3, 0.4) is 0 Å². The SMILES string of the molecule is Cc1ccc(C)c(C(=O)COC(=O)c2cccc(N3C(=O)[C@@H]4[C@@H]5C=C[C@H]([C@H]6C[C@H]56)[C@@H]4C3=O)c2)c1. The molecule has 3 fully saturated rings. The van der Waals surface area contributed by atoms with Crippen LogP contribution in [-0.4, -0.2) is 30.2 Å². The molecule has 1 heterocycles. The third-order valence-electron chi connectivity index (χ3n) is 8.03. The molecule has 6 nitrogen and oxygen atoms in total. The largest absolute Gasteiger partial charge is 0.454 e. The van der Waals surface area contributed by atoms with Crippen molar-refractivity contribution >= 4 is 29.3 Å². The molecule has 5 aliphatic rings. The summed E-state index contributed by atoms with van der Waals surface area (Å²) < 4.78 is 5.28. The lowest BCUT2D eigenvalue weighted by molar-refractivity contribution is -0.124. The molecule has 7 rings (SSSR count). The molecule has 34 heavy (non-hydrogen) atoms.